The molecule has 150 valence electrons. The Hall–Kier alpha value is -2.15. The molecule has 0 heterocycles. The van der Waals surface area contributed by atoms with Gasteiger partial charge in [0.15, 0.2) is 11.5 Å². The van der Waals surface area contributed by atoms with Crippen LogP contribution in [-0.4, -0.2) is 30.7 Å². The molecule has 6 nitrogen and oxygen atoms in total. The largest absolute Gasteiger partial charge is 0.493 e. The first-order valence-corrected chi connectivity index (χ1v) is 9.68. The number of hydrogen-bond donors (Lipinski definition) is 2. The van der Waals surface area contributed by atoms with Crippen LogP contribution in [0.2, 0.25) is 5.02 Å². The van der Waals surface area contributed by atoms with Gasteiger partial charge >= 0.3 is 0 Å². The third-order valence-corrected chi connectivity index (χ3v) is 4.57. The smallest absolute Gasteiger partial charge is 0.236 e. The van der Waals surface area contributed by atoms with Gasteiger partial charge in [0.2, 0.25) is 11.8 Å². The molecule has 2 aromatic rings. The van der Waals surface area contributed by atoms with E-state index in [4.69, 9.17) is 44.3 Å². The van der Waals surface area contributed by atoms with Crippen molar-refractivity contribution >= 4 is 46.6 Å². The summed E-state index contributed by atoms with van der Waals surface area (Å²) in [6.07, 6.45) is -0.828. The Bertz CT molecular complexity index is 815. The summed E-state index contributed by atoms with van der Waals surface area (Å²) in [5.74, 6) is -0.489. The van der Waals surface area contributed by atoms with Crippen LogP contribution < -0.4 is 20.1 Å². The van der Waals surface area contributed by atoms with Gasteiger partial charge in [-0.15, -0.1) is 23.2 Å². The zero-order chi connectivity index (χ0) is 20.5. The van der Waals surface area contributed by atoms with Crippen molar-refractivity contribution in [2.75, 3.05) is 18.9 Å². The fraction of sp³-hybridized carbons (Fsp3) is 0.263. The van der Waals surface area contributed by atoms with E-state index >= 15 is 0 Å². The molecule has 0 aromatic heterocycles. The maximum Gasteiger partial charge on any atom is 0.236 e. The molecule has 2 rings (SSSR count). The highest BCUT2D eigenvalue weighted by atomic mass is 35.5. The molecule has 9 heteroatoms. The minimum absolute atomic E-state index is 0.215. The molecule has 0 aliphatic heterocycles. The Morgan fingerprint density at radius 3 is 2.21 bits per heavy atom. The van der Waals surface area contributed by atoms with Crippen molar-refractivity contribution in [1.82, 2.24) is 10.6 Å². The number of carbonyl (C=O) groups excluding carboxylic acids is 2. The van der Waals surface area contributed by atoms with Gasteiger partial charge in [-0.3, -0.25) is 9.59 Å². The number of benzene rings is 2. The van der Waals surface area contributed by atoms with Crippen molar-refractivity contribution in [3.05, 3.63) is 58.6 Å². The SMILES string of the molecule is COc1ccc(C(NC(=O)CCl)NC(=O)CCl)cc1OCc1ccccc1Cl. The first-order chi connectivity index (χ1) is 13.5. The van der Waals surface area contributed by atoms with Crippen LogP contribution in [0.5, 0.6) is 11.5 Å². The predicted molar refractivity (Wildman–Crippen MR) is 109 cm³/mol. The van der Waals surface area contributed by atoms with Gasteiger partial charge < -0.3 is 20.1 Å². The van der Waals surface area contributed by atoms with Gasteiger partial charge in [-0.25, -0.2) is 0 Å². The Kier molecular flexibility index (Phi) is 8.70. The van der Waals surface area contributed by atoms with Gasteiger partial charge in [0.25, 0.3) is 0 Å². The topological polar surface area (TPSA) is 76.7 Å². The number of rotatable bonds is 9. The second-order valence-corrected chi connectivity index (χ2v) is 6.57. The summed E-state index contributed by atoms with van der Waals surface area (Å²) in [6.45, 7) is 0.215. The first-order valence-electron chi connectivity index (χ1n) is 8.23. The average molecular weight is 446 g/mol. The number of carbonyl (C=O) groups is 2. The monoisotopic (exact) mass is 444 g/mol. The maximum atomic E-state index is 11.7. The zero-order valence-electron chi connectivity index (χ0n) is 15.0. The third-order valence-electron chi connectivity index (χ3n) is 3.72. The number of nitrogens with one attached hydrogen (secondary N) is 2. The lowest BCUT2D eigenvalue weighted by molar-refractivity contribution is -0.122. The van der Waals surface area contributed by atoms with Crippen LogP contribution >= 0.6 is 34.8 Å². The van der Waals surface area contributed by atoms with E-state index in [1.807, 2.05) is 18.2 Å². The lowest BCUT2D eigenvalue weighted by atomic mass is 10.1. The van der Waals surface area contributed by atoms with Crippen molar-refractivity contribution in [2.24, 2.45) is 0 Å². The normalized spacial score (nSPS) is 10.5. The molecule has 0 spiro atoms. The number of hydrogen-bond acceptors (Lipinski definition) is 4. The molecule has 0 atom stereocenters. The molecule has 28 heavy (non-hydrogen) atoms. The molecule has 0 bridgehead atoms. The molecular weight excluding hydrogens is 427 g/mol. The Balaban J connectivity index is 2.27. The van der Waals surface area contributed by atoms with Crippen LogP contribution in [0.25, 0.3) is 0 Å². The van der Waals surface area contributed by atoms with Crippen molar-refractivity contribution in [2.45, 2.75) is 12.8 Å². The van der Waals surface area contributed by atoms with Gasteiger partial charge in [-0.05, 0) is 23.8 Å². The highest BCUT2D eigenvalue weighted by Crippen LogP contribution is 2.31. The van der Waals surface area contributed by atoms with Crippen LogP contribution in [0.3, 0.4) is 0 Å². The van der Waals surface area contributed by atoms with Crippen molar-refractivity contribution in [3.8, 4) is 11.5 Å². The van der Waals surface area contributed by atoms with Gasteiger partial charge in [0.05, 0.1) is 7.11 Å². The summed E-state index contributed by atoms with van der Waals surface area (Å²) in [6, 6.07) is 12.3. The summed E-state index contributed by atoms with van der Waals surface area (Å²) >= 11 is 17.3. The molecule has 0 aliphatic carbocycles. The van der Waals surface area contributed by atoms with Gasteiger partial charge in [0, 0.05) is 10.6 Å². The fourth-order valence-corrected chi connectivity index (χ4v) is 2.70. The standard InChI is InChI=1S/C19H19Cl3N2O4/c1-27-15-7-6-12(19(23-17(25)9-20)24-18(26)10-21)8-16(15)28-11-13-4-2-3-5-14(13)22/h2-8,19H,9-11H2,1H3,(H,23,25)(H,24,26). The van der Waals surface area contributed by atoms with Crippen LogP contribution in [-0.2, 0) is 16.2 Å². The van der Waals surface area contributed by atoms with Crippen molar-refractivity contribution < 1.29 is 19.1 Å². The summed E-state index contributed by atoms with van der Waals surface area (Å²) in [4.78, 5) is 23.4. The molecule has 0 saturated carbocycles. The summed E-state index contributed by atoms with van der Waals surface area (Å²) in [5.41, 5.74) is 1.37. The Morgan fingerprint density at radius 1 is 1.00 bits per heavy atom. The second-order valence-electron chi connectivity index (χ2n) is 5.63. The highest BCUT2D eigenvalue weighted by Gasteiger charge is 2.19. The summed E-state index contributed by atoms with van der Waals surface area (Å²) < 4.78 is 11.2. The van der Waals surface area contributed by atoms with E-state index in [1.165, 1.54) is 7.11 Å². The molecule has 2 aromatic carbocycles. The summed E-state index contributed by atoms with van der Waals surface area (Å²) in [7, 11) is 1.51. The number of amides is 2. The summed E-state index contributed by atoms with van der Waals surface area (Å²) in [5, 5.41) is 5.82. The minimum atomic E-state index is -0.828. The highest BCUT2D eigenvalue weighted by molar-refractivity contribution is 6.31. The molecular formula is C19H19Cl3N2O4. The molecule has 2 amide bonds. The van der Waals surface area contributed by atoms with Gasteiger partial charge in [0.1, 0.15) is 24.5 Å². The van der Waals surface area contributed by atoms with Crippen LogP contribution in [0, 0.1) is 0 Å². The second kappa shape index (κ2) is 11.0. The molecule has 0 aliphatic rings. The number of alkyl halides is 2. The molecule has 2 N–H and O–H groups in total. The number of methoxy groups -OCH3 is 1. The van der Waals surface area contributed by atoms with Crippen molar-refractivity contribution in [3.63, 3.8) is 0 Å². The van der Waals surface area contributed by atoms with E-state index in [1.54, 1.807) is 24.3 Å². The van der Waals surface area contributed by atoms with E-state index in [0.29, 0.717) is 22.1 Å². The van der Waals surface area contributed by atoms with E-state index in [0.717, 1.165) is 5.56 Å². The van der Waals surface area contributed by atoms with E-state index in [9.17, 15) is 9.59 Å². The predicted octanol–water partition coefficient (Wildman–Crippen LogP) is 3.64. The molecule has 0 radical (unpaired) electrons. The van der Waals surface area contributed by atoms with E-state index < -0.39 is 18.0 Å². The first kappa shape index (κ1) is 22.1. The lowest BCUT2D eigenvalue weighted by Gasteiger charge is -2.21. The quantitative estimate of drug-likeness (QED) is 0.456. The number of ether oxygens (including phenoxy) is 2. The van der Waals surface area contributed by atoms with Gasteiger partial charge in [-0.2, -0.15) is 0 Å². The van der Waals surface area contributed by atoms with Crippen LogP contribution in [0.4, 0.5) is 0 Å². The van der Waals surface area contributed by atoms with Crippen molar-refractivity contribution in [1.29, 1.82) is 0 Å². The lowest BCUT2D eigenvalue weighted by Crippen LogP contribution is -2.42. The Morgan fingerprint density at radius 2 is 1.64 bits per heavy atom. The van der Waals surface area contributed by atoms with Gasteiger partial charge in [-0.1, -0.05) is 35.9 Å². The molecule has 0 unspecified atom stereocenters. The Labute approximate surface area is 178 Å². The van der Waals surface area contributed by atoms with E-state index in [2.05, 4.69) is 10.6 Å². The maximum absolute atomic E-state index is 11.7. The molecule has 0 saturated heterocycles. The van der Waals surface area contributed by atoms with E-state index in [-0.39, 0.29) is 18.4 Å². The number of halogens is 3. The minimum Gasteiger partial charge on any atom is -0.493 e. The van der Waals surface area contributed by atoms with Crippen LogP contribution in [0.15, 0.2) is 42.5 Å². The van der Waals surface area contributed by atoms with Crippen LogP contribution in [0.1, 0.15) is 17.3 Å². The fourth-order valence-electron chi connectivity index (χ4n) is 2.36. The zero-order valence-corrected chi connectivity index (χ0v) is 17.3. The molecule has 0 fully saturated rings. The average Bonchev–Trinajstić information content (AvgIpc) is 2.72. The third kappa shape index (κ3) is 6.19.